The van der Waals surface area contributed by atoms with Crippen molar-refractivity contribution in [3.8, 4) is 0 Å². The van der Waals surface area contributed by atoms with Crippen LogP contribution in [0.1, 0.15) is 11.7 Å². The van der Waals surface area contributed by atoms with Gasteiger partial charge in [0.25, 0.3) is 0 Å². The smallest absolute Gasteiger partial charge is 0.108 e. The lowest BCUT2D eigenvalue weighted by Gasteiger charge is -2.16. The van der Waals surface area contributed by atoms with Crippen LogP contribution in [-0.2, 0) is 0 Å². The minimum Gasteiger partial charge on any atom is -0.394 e. The maximum absolute atomic E-state index is 9.80. The first kappa shape index (κ1) is 10.6. The van der Waals surface area contributed by atoms with Crippen molar-refractivity contribution in [3.05, 3.63) is 35.2 Å². The summed E-state index contributed by atoms with van der Waals surface area (Å²) in [6, 6.07) is 7.51. The molecule has 80 valence electrons. The normalized spacial score (nSPS) is 15.4. The lowest BCUT2D eigenvalue weighted by atomic mass is 10.0. The minimum absolute atomic E-state index is 0.442. The van der Waals surface area contributed by atoms with E-state index >= 15 is 0 Å². The van der Waals surface area contributed by atoms with Gasteiger partial charge in [-0.3, -0.25) is 0 Å². The van der Waals surface area contributed by atoms with Crippen LogP contribution >= 0.6 is 11.3 Å². The van der Waals surface area contributed by atoms with Crippen molar-refractivity contribution in [2.75, 3.05) is 6.61 Å². The Morgan fingerprint density at radius 2 is 2.00 bits per heavy atom. The Bertz CT molecular complexity index is 452. The standard InChI is InChI=1S/C11H12O3S/c12-6-9(13)10(14)8-3-1-2-7-4-5-15-11(7)8/h1-5,9-10,12-14H,6H2. The van der Waals surface area contributed by atoms with Gasteiger partial charge in [-0.15, -0.1) is 11.3 Å². The van der Waals surface area contributed by atoms with Crippen molar-refractivity contribution in [2.45, 2.75) is 12.2 Å². The predicted molar refractivity (Wildman–Crippen MR) is 59.9 cm³/mol. The highest BCUT2D eigenvalue weighted by atomic mass is 32.1. The molecule has 1 aromatic heterocycles. The fourth-order valence-corrected chi connectivity index (χ4v) is 2.50. The molecule has 1 aromatic carbocycles. The van der Waals surface area contributed by atoms with Gasteiger partial charge in [-0.2, -0.15) is 0 Å². The molecule has 15 heavy (non-hydrogen) atoms. The number of rotatable bonds is 3. The molecule has 2 atom stereocenters. The number of benzene rings is 1. The molecule has 0 bridgehead atoms. The second-order valence-electron chi connectivity index (χ2n) is 3.38. The molecule has 0 aliphatic heterocycles. The summed E-state index contributed by atoms with van der Waals surface area (Å²) in [6.07, 6.45) is -2.16. The van der Waals surface area contributed by atoms with Crippen LogP contribution in [0, 0.1) is 0 Å². The Kier molecular flexibility index (Phi) is 3.02. The first-order valence-electron chi connectivity index (χ1n) is 4.67. The Labute approximate surface area is 91.2 Å². The van der Waals surface area contributed by atoms with Crippen LogP contribution in [0.25, 0.3) is 10.1 Å². The third kappa shape index (κ3) is 1.89. The molecule has 0 fully saturated rings. The highest BCUT2D eigenvalue weighted by Gasteiger charge is 2.19. The van der Waals surface area contributed by atoms with Crippen molar-refractivity contribution >= 4 is 21.4 Å². The van der Waals surface area contributed by atoms with Gasteiger partial charge in [0.15, 0.2) is 0 Å². The van der Waals surface area contributed by atoms with Crippen LogP contribution in [0.5, 0.6) is 0 Å². The van der Waals surface area contributed by atoms with Gasteiger partial charge >= 0.3 is 0 Å². The molecule has 0 aliphatic rings. The Balaban J connectivity index is 2.46. The van der Waals surface area contributed by atoms with E-state index in [9.17, 15) is 10.2 Å². The lowest BCUT2D eigenvalue weighted by molar-refractivity contribution is -0.0144. The molecule has 3 nitrogen and oxygen atoms in total. The Morgan fingerprint density at radius 1 is 1.20 bits per heavy atom. The van der Waals surface area contributed by atoms with E-state index in [1.54, 1.807) is 6.07 Å². The molecule has 0 saturated heterocycles. The molecule has 2 unspecified atom stereocenters. The Hall–Kier alpha value is -0.940. The molecule has 2 aromatic rings. The van der Waals surface area contributed by atoms with Crippen LogP contribution in [0.15, 0.2) is 29.6 Å². The van der Waals surface area contributed by atoms with Gasteiger partial charge < -0.3 is 15.3 Å². The van der Waals surface area contributed by atoms with Crippen molar-refractivity contribution < 1.29 is 15.3 Å². The van der Waals surface area contributed by atoms with Gasteiger partial charge in [0, 0.05) is 10.3 Å². The second kappa shape index (κ2) is 4.28. The van der Waals surface area contributed by atoms with Crippen molar-refractivity contribution in [1.82, 2.24) is 0 Å². The van der Waals surface area contributed by atoms with E-state index in [0.717, 1.165) is 10.1 Å². The average molecular weight is 224 g/mol. The molecule has 0 aliphatic carbocycles. The van der Waals surface area contributed by atoms with Gasteiger partial charge in [-0.25, -0.2) is 0 Å². The molecule has 1 heterocycles. The monoisotopic (exact) mass is 224 g/mol. The zero-order chi connectivity index (χ0) is 10.8. The highest BCUT2D eigenvalue weighted by Crippen LogP contribution is 2.30. The molecular weight excluding hydrogens is 212 g/mol. The SMILES string of the molecule is OCC(O)C(O)c1cccc2ccsc12. The summed E-state index contributed by atoms with van der Waals surface area (Å²) in [7, 11) is 0. The van der Waals surface area contributed by atoms with Crippen LogP contribution in [0.2, 0.25) is 0 Å². The van der Waals surface area contributed by atoms with Gasteiger partial charge in [-0.05, 0) is 16.8 Å². The number of hydrogen-bond acceptors (Lipinski definition) is 4. The maximum atomic E-state index is 9.80. The van der Waals surface area contributed by atoms with E-state index in [2.05, 4.69) is 0 Å². The highest BCUT2D eigenvalue weighted by molar-refractivity contribution is 7.17. The quantitative estimate of drug-likeness (QED) is 0.736. The first-order valence-corrected chi connectivity index (χ1v) is 5.55. The summed E-state index contributed by atoms with van der Waals surface area (Å²) in [6.45, 7) is -0.442. The zero-order valence-electron chi connectivity index (χ0n) is 8.00. The summed E-state index contributed by atoms with van der Waals surface area (Å²) >= 11 is 1.52. The van der Waals surface area contributed by atoms with Gasteiger partial charge in [-0.1, -0.05) is 18.2 Å². The number of thiophene rings is 1. The second-order valence-corrected chi connectivity index (χ2v) is 4.30. The summed E-state index contributed by atoms with van der Waals surface area (Å²) in [5.74, 6) is 0. The summed E-state index contributed by atoms with van der Waals surface area (Å²) < 4.78 is 0.956. The zero-order valence-corrected chi connectivity index (χ0v) is 8.81. The van der Waals surface area contributed by atoms with E-state index in [4.69, 9.17) is 5.11 Å². The molecule has 0 amide bonds. The summed E-state index contributed by atoms with van der Waals surface area (Å²) in [5, 5.41) is 30.9. The minimum atomic E-state index is -1.13. The van der Waals surface area contributed by atoms with Crippen LogP contribution in [-0.4, -0.2) is 28.0 Å². The van der Waals surface area contributed by atoms with E-state index in [1.807, 2.05) is 23.6 Å². The van der Waals surface area contributed by atoms with Crippen molar-refractivity contribution in [1.29, 1.82) is 0 Å². The molecule has 2 rings (SSSR count). The van der Waals surface area contributed by atoms with E-state index < -0.39 is 18.8 Å². The first-order chi connectivity index (χ1) is 7.24. The van der Waals surface area contributed by atoms with E-state index in [-0.39, 0.29) is 0 Å². The average Bonchev–Trinajstić information content (AvgIpc) is 2.74. The van der Waals surface area contributed by atoms with Gasteiger partial charge in [0.05, 0.1) is 6.61 Å². The van der Waals surface area contributed by atoms with Crippen LogP contribution in [0.3, 0.4) is 0 Å². The number of aliphatic hydroxyl groups excluding tert-OH is 3. The molecule has 3 N–H and O–H groups in total. The number of hydrogen-bond donors (Lipinski definition) is 3. The number of fused-ring (bicyclic) bond motifs is 1. The van der Waals surface area contributed by atoms with Crippen LogP contribution in [0.4, 0.5) is 0 Å². The molecular formula is C11H12O3S. The largest absolute Gasteiger partial charge is 0.394 e. The fraction of sp³-hybridized carbons (Fsp3) is 0.273. The molecule has 0 radical (unpaired) electrons. The predicted octanol–water partition coefficient (Wildman–Crippen LogP) is 1.29. The van der Waals surface area contributed by atoms with E-state index in [0.29, 0.717) is 5.56 Å². The summed E-state index contributed by atoms with van der Waals surface area (Å²) in [4.78, 5) is 0. The Morgan fingerprint density at radius 3 is 2.73 bits per heavy atom. The van der Waals surface area contributed by atoms with Gasteiger partial charge in [0.1, 0.15) is 12.2 Å². The maximum Gasteiger partial charge on any atom is 0.108 e. The van der Waals surface area contributed by atoms with Crippen LogP contribution < -0.4 is 0 Å². The third-order valence-corrected chi connectivity index (χ3v) is 3.36. The van der Waals surface area contributed by atoms with E-state index in [1.165, 1.54) is 11.3 Å². The third-order valence-electron chi connectivity index (χ3n) is 2.38. The molecule has 0 spiro atoms. The number of aliphatic hydroxyl groups is 3. The fourth-order valence-electron chi connectivity index (χ4n) is 1.56. The van der Waals surface area contributed by atoms with Crippen molar-refractivity contribution in [3.63, 3.8) is 0 Å². The van der Waals surface area contributed by atoms with Crippen molar-refractivity contribution in [2.24, 2.45) is 0 Å². The topological polar surface area (TPSA) is 60.7 Å². The molecule has 0 saturated carbocycles. The summed E-state index contributed by atoms with van der Waals surface area (Å²) in [5.41, 5.74) is 0.670. The molecule has 4 heteroatoms. The lowest BCUT2D eigenvalue weighted by Crippen LogP contribution is -2.22. The van der Waals surface area contributed by atoms with Gasteiger partial charge in [0.2, 0.25) is 0 Å².